The van der Waals surface area contributed by atoms with Gasteiger partial charge in [-0.2, -0.15) is 0 Å². The van der Waals surface area contributed by atoms with Crippen LogP contribution in [0, 0.1) is 22.7 Å². The Hall–Kier alpha value is -1.04. The van der Waals surface area contributed by atoms with Crippen LogP contribution in [-0.4, -0.2) is 35.7 Å². The number of allylic oxidation sites excluding steroid dienone is 1. The number of nitrogens with one attached hydrogen (secondary N) is 4. The van der Waals surface area contributed by atoms with Gasteiger partial charge in [0.2, 0.25) is 23.6 Å². The topological polar surface area (TPSA) is 151 Å². The van der Waals surface area contributed by atoms with Crippen LogP contribution in [0.3, 0.4) is 0 Å². The van der Waals surface area contributed by atoms with Gasteiger partial charge in [0.1, 0.15) is 10.8 Å². The molecule has 0 aliphatic carbocycles. The molecule has 2 rings (SSSR count). The maximum atomic E-state index is 12.0. The molecule has 2 saturated heterocycles. The van der Waals surface area contributed by atoms with Crippen LogP contribution < -0.4 is 80.4 Å². The van der Waals surface area contributed by atoms with E-state index in [1.807, 2.05) is 27.7 Å². The van der Waals surface area contributed by atoms with Gasteiger partial charge in [-0.15, -0.1) is 6.58 Å². The Bertz CT molecular complexity index is 791. The molecule has 10 nitrogen and oxygen atoms in total. The van der Waals surface area contributed by atoms with Gasteiger partial charge < -0.3 is 0 Å². The molecular formula is C23H36N4Na2O6+2. The van der Waals surface area contributed by atoms with Crippen molar-refractivity contribution < 1.29 is 87.9 Å². The van der Waals surface area contributed by atoms with Crippen molar-refractivity contribution in [3.05, 3.63) is 12.7 Å². The minimum atomic E-state index is -1.20. The number of barbiturate groups is 2. The summed E-state index contributed by atoms with van der Waals surface area (Å²) in [6.07, 6.45) is 5.05. The summed E-state index contributed by atoms with van der Waals surface area (Å²) < 4.78 is 0. The molecule has 0 bridgehead atoms. The van der Waals surface area contributed by atoms with Gasteiger partial charge >= 0.3 is 71.2 Å². The number of carbonyl (C=O) groups excluding carboxylic acids is 6. The monoisotopic (exact) mass is 510 g/mol. The van der Waals surface area contributed by atoms with E-state index in [2.05, 4.69) is 27.8 Å². The molecular weight excluding hydrogens is 474 g/mol. The summed E-state index contributed by atoms with van der Waals surface area (Å²) in [5.74, 6) is -1.70. The predicted octanol–water partition coefficient (Wildman–Crippen LogP) is -3.46. The molecule has 0 aromatic carbocycles. The van der Waals surface area contributed by atoms with E-state index in [0.717, 1.165) is 19.3 Å². The van der Waals surface area contributed by atoms with Gasteiger partial charge in [-0.3, -0.25) is 40.4 Å². The summed E-state index contributed by atoms with van der Waals surface area (Å²) in [6, 6.07) is -1.47. The van der Waals surface area contributed by atoms with Crippen LogP contribution in [0.2, 0.25) is 0 Å². The fourth-order valence-corrected chi connectivity index (χ4v) is 4.14. The molecule has 0 saturated carbocycles. The molecule has 2 fully saturated rings. The van der Waals surface area contributed by atoms with E-state index in [4.69, 9.17) is 0 Å². The SMILES string of the molecule is C=CCC1(C(C)CCC)C(=O)NC(=O)NC1=O.CCC1(CCC(C)C)C(=O)NC(=O)NC1=O.[Na+].[Na+]. The Labute approximate surface area is 251 Å². The summed E-state index contributed by atoms with van der Waals surface area (Å²) in [4.78, 5) is 69.6. The van der Waals surface area contributed by atoms with Crippen molar-refractivity contribution in [2.24, 2.45) is 22.7 Å². The summed E-state index contributed by atoms with van der Waals surface area (Å²) in [6.45, 7) is 13.3. The second kappa shape index (κ2) is 15.9. The largest absolute Gasteiger partial charge is 1.00 e. The van der Waals surface area contributed by atoms with Crippen LogP contribution in [0.25, 0.3) is 0 Å². The van der Waals surface area contributed by atoms with Crippen molar-refractivity contribution in [3.8, 4) is 0 Å². The zero-order chi connectivity index (χ0) is 25.4. The van der Waals surface area contributed by atoms with E-state index >= 15 is 0 Å². The molecule has 0 aromatic heterocycles. The van der Waals surface area contributed by atoms with Gasteiger partial charge in [-0.25, -0.2) is 9.59 Å². The zero-order valence-corrected chi connectivity index (χ0v) is 26.1. The molecule has 35 heavy (non-hydrogen) atoms. The van der Waals surface area contributed by atoms with E-state index < -0.39 is 46.5 Å². The Morgan fingerprint density at radius 3 is 1.54 bits per heavy atom. The first-order valence-corrected chi connectivity index (χ1v) is 11.4. The molecule has 2 aliphatic heterocycles. The van der Waals surface area contributed by atoms with E-state index in [0.29, 0.717) is 18.8 Å². The molecule has 1 unspecified atom stereocenters. The molecule has 184 valence electrons. The minimum absolute atomic E-state index is 0. The van der Waals surface area contributed by atoms with E-state index in [9.17, 15) is 28.8 Å². The molecule has 0 radical (unpaired) electrons. The Morgan fingerprint density at radius 1 is 0.771 bits per heavy atom. The average Bonchev–Trinajstić information content (AvgIpc) is 2.71. The van der Waals surface area contributed by atoms with Crippen molar-refractivity contribution in [1.82, 2.24) is 21.3 Å². The quantitative estimate of drug-likeness (QED) is 0.144. The predicted molar refractivity (Wildman–Crippen MR) is 121 cm³/mol. The second-order valence-corrected chi connectivity index (χ2v) is 9.00. The van der Waals surface area contributed by atoms with Gasteiger partial charge in [-0.05, 0) is 43.9 Å². The summed E-state index contributed by atoms with van der Waals surface area (Å²) in [5.41, 5.74) is -2.27. The van der Waals surface area contributed by atoms with Crippen LogP contribution >= 0.6 is 0 Å². The first-order valence-electron chi connectivity index (χ1n) is 11.4. The van der Waals surface area contributed by atoms with Crippen molar-refractivity contribution in [1.29, 1.82) is 0 Å². The number of imide groups is 4. The maximum Gasteiger partial charge on any atom is 1.00 e. The fraction of sp³-hybridized carbons (Fsp3) is 0.652. The first-order chi connectivity index (χ1) is 15.4. The molecule has 1 atom stereocenters. The number of hydrogen-bond donors (Lipinski definition) is 4. The molecule has 2 aliphatic rings. The number of amides is 8. The number of rotatable bonds is 9. The molecule has 12 heteroatoms. The third kappa shape index (κ3) is 8.50. The van der Waals surface area contributed by atoms with Gasteiger partial charge in [0.25, 0.3) is 0 Å². The van der Waals surface area contributed by atoms with Crippen LogP contribution in [0.1, 0.15) is 73.1 Å². The standard InChI is InChI=1S/C12H18N2O3.C11H18N2O3.2Na/c1-4-6-8(3)12(7-5-2)9(15)13-11(17)14-10(12)16;1-4-11(6-5-7(2)3)8(14)12-10(16)13-9(11)15;;/h5,8H,2,4,6-7H2,1,3H3,(H2,13,14,15,16,17);7H,4-6H2,1-3H3,(H2,12,13,14,15,16);;/q;;2*+1. The van der Waals surface area contributed by atoms with E-state index in [-0.39, 0.29) is 71.5 Å². The zero-order valence-electron chi connectivity index (χ0n) is 22.1. The van der Waals surface area contributed by atoms with Gasteiger partial charge in [0.05, 0.1) is 0 Å². The summed E-state index contributed by atoms with van der Waals surface area (Å²) in [7, 11) is 0. The van der Waals surface area contributed by atoms with Gasteiger partial charge in [-0.1, -0.05) is 47.1 Å². The number of hydrogen-bond acceptors (Lipinski definition) is 6. The Morgan fingerprint density at radius 2 is 1.20 bits per heavy atom. The smallest absolute Gasteiger partial charge is 0.277 e. The van der Waals surface area contributed by atoms with Gasteiger partial charge in [0, 0.05) is 0 Å². The van der Waals surface area contributed by atoms with Crippen LogP contribution in [0.4, 0.5) is 9.59 Å². The molecule has 4 N–H and O–H groups in total. The molecule has 2 heterocycles. The minimum Gasteiger partial charge on any atom is -0.277 e. The Balaban J connectivity index is 0. The van der Waals surface area contributed by atoms with E-state index in [1.54, 1.807) is 13.0 Å². The first kappa shape index (κ1) is 36.1. The van der Waals surface area contributed by atoms with Crippen LogP contribution in [0.5, 0.6) is 0 Å². The fourth-order valence-electron chi connectivity index (χ4n) is 4.14. The second-order valence-electron chi connectivity index (χ2n) is 9.00. The average molecular weight is 511 g/mol. The molecule has 0 spiro atoms. The molecule has 8 amide bonds. The van der Waals surface area contributed by atoms with Gasteiger partial charge in [0.15, 0.2) is 0 Å². The van der Waals surface area contributed by atoms with Crippen molar-refractivity contribution in [3.63, 3.8) is 0 Å². The van der Waals surface area contributed by atoms with Crippen molar-refractivity contribution in [2.75, 3.05) is 0 Å². The van der Waals surface area contributed by atoms with E-state index in [1.165, 1.54) is 0 Å². The van der Waals surface area contributed by atoms with Crippen molar-refractivity contribution >= 4 is 35.7 Å². The van der Waals surface area contributed by atoms with Crippen LogP contribution in [-0.2, 0) is 19.2 Å². The number of urea groups is 2. The Kier molecular flexibility index (Phi) is 16.4. The maximum absolute atomic E-state index is 12.0. The third-order valence-electron chi connectivity index (χ3n) is 6.37. The summed E-state index contributed by atoms with van der Waals surface area (Å²) >= 11 is 0. The normalized spacial score (nSPS) is 18.9. The molecule has 0 aromatic rings. The summed E-state index contributed by atoms with van der Waals surface area (Å²) in [5, 5.41) is 8.67. The van der Waals surface area contributed by atoms with Crippen LogP contribution in [0.15, 0.2) is 12.7 Å². The third-order valence-corrected chi connectivity index (χ3v) is 6.37. The number of carbonyl (C=O) groups is 6. The van der Waals surface area contributed by atoms with Crippen molar-refractivity contribution in [2.45, 2.75) is 73.1 Å².